The van der Waals surface area contributed by atoms with Gasteiger partial charge in [-0.05, 0) is 25.0 Å². The first-order valence-electron chi connectivity index (χ1n) is 6.67. The maximum atomic E-state index is 12.3. The van der Waals surface area contributed by atoms with Gasteiger partial charge in [-0.1, -0.05) is 18.2 Å². The Balaban J connectivity index is 2.10. The van der Waals surface area contributed by atoms with Crippen LogP contribution in [0.2, 0.25) is 0 Å². The van der Waals surface area contributed by atoms with Crippen molar-refractivity contribution in [2.45, 2.75) is 12.8 Å². The van der Waals surface area contributed by atoms with Crippen molar-refractivity contribution in [2.75, 3.05) is 20.2 Å². The molecule has 1 saturated heterocycles. The molecule has 1 heterocycles. The van der Waals surface area contributed by atoms with E-state index in [0.29, 0.717) is 5.56 Å². The quantitative estimate of drug-likeness (QED) is 0.667. The number of rotatable bonds is 3. The number of nitrogens with zero attached hydrogens (tertiary/aromatic N) is 1. The van der Waals surface area contributed by atoms with Gasteiger partial charge in [0, 0.05) is 18.7 Å². The molecule has 1 aromatic carbocycles. The number of likely N-dealkylation sites (tertiary alicyclic amines) is 1. The van der Waals surface area contributed by atoms with E-state index in [4.69, 9.17) is 0 Å². The van der Waals surface area contributed by atoms with Crippen molar-refractivity contribution in [3.63, 3.8) is 0 Å². The largest absolute Gasteiger partial charge is 0.480 e. The number of amides is 1. The number of carboxylic acid groups (broad SMARTS) is 1. The van der Waals surface area contributed by atoms with Crippen LogP contribution >= 0.6 is 0 Å². The number of aliphatic carboxylic acids is 1. The summed E-state index contributed by atoms with van der Waals surface area (Å²) >= 11 is 0. The van der Waals surface area contributed by atoms with Crippen LogP contribution in [0, 0.1) is 5.41 Å². The van der Waals surface area contributed by atoms with E-state index in [0.717, 1.165) is 0 Å². The fourth-order valence-corrected chi connectivity index (χ4v) is 2.56. The van der Waals surface area contributed by atoms with E-state index in [9.17, 15) is 19.5 Å². The van der Waals surface area contributed by atoms with E-state index in [1.54, 1.807) is 29.2 Å². The van der Waals surface area contributed by atoms with Crippen LogP contribution in [0.25, 0.3) is 0 Å². The minimum absolute atomic E-state index is 0.0631. The molecular formula is C15H17NO5. The first-order chi connectivity index (χ1) is 10.0. The second-order valence-corrected chi connectivity index (χ2v) is 5.04. The zero-order valence-corrected chi connectivity index (χ0v) is 11.7. The smallest absolute Gasteiger partial charge is 0.323 e. The lowest BCUT2D eigenvalue weighted by Gasteiger charge is -2.36. The monoisotopic (exact) mass is 291 g/mol. The highest BCUT2D eigenvalue weighted by molar-refractivity contribution is 6.00. The lowest BCUT2D eigenvalue weighted by molar-refractivity contribution is -0.170. The maximum Gasteiger partial charge on any atom is 0.323 e. The van der Waals surface area contributed by atoms with E-state index < -0.39 is 17.4 Å². The van der Waals surface area contributed by atoms with Crippen LogP contribution in [0.3, 0.4) is 0 Å². The number of carbonyl (C=O) groups is 3. The summed E-state index contributed by atoms with van der Waals surface area (Å²) in [5.41, 5.74) is -0.985. The Hall–Kier alpha value is -2.37. The molecule has 1 aliphatic rings. The van der Waals surface area contributed by atoms with Crippen LogP contribution in [-0.4, -0.2) is 48.1 Å². The molecule has 21 heavy (non-hydrogen) atoms. The van der Waals surface area contributed by atoms with Crippen LogP contribution in [0.5, 0.6) is 0 Å². The fourth-order valence-electron chi connectivity index (χ4n) is 2.56. The van der Waals surface area contributed by atoms with Gasteiger partial charge in [0.05, 0.1) is 7.11 Å². The van der Waals surface area contributed by atoms with Crippen LogP contribution in [0.1, 0.15) is 23.2 Å². The Kier molecular flexibility index (Phi) is 4.26. The molecule has 0 unspecified atom stereocenters. The molecule has 6 heteroatoms. The average Bonchev–Trinajstić information content (AvgIpc) is 2.54. The normalized spacial score (nSPS) is 17.1. The van der Waals surface area contributed by atoms with Gasteiger partial charge >= 0.3 is 11.9 Å². The number of hydrogen-bond acceptors (Lipinski definition) is 4. The molecule has 6 nitrogen and oxygen atoms in total. The van der Waals surface area contributed by atoms with Crippen LogP contribution < -0.4 is 0 Å². The summed E-state index contributed by atoms with van der Waals surface area (Å²) in [7, 11) is 1.18. The van der Waals surface area contributed by atoms with E-state index in [1.807, 2.05) is 6.07 Å². The number of methoxy groups -OCH3 is 1. The number of carbonyl (C=O) groups excluding carboxylic acids is 2. The van der Waals surface area contributed by atoms with Gasteiger partial charge in [-0.3, -0.25) is 14.4 Å². The van der Waals surface area contributed by atoms with E-state index in [1.165, 1.54) is 7.11 Å². The molecule has 0 aliphatic carbocycles. The highest BCUT2D eigenvalue weighted by Crippen LogP contribution is 2.33. The molecule has 1 fully saturated rings. The van der Waals surface area contributed by atoms with Gasteiger partial charge in [-0.15, -0.1) is 0 Å². The summed E-state index contributed by atoms with van der Waals surface area (Å²) < 4.78 is 4.61. The van der Waals surface area contributed by atoms with Gasteiger partial charge < -0.3 is 14.7 Å². The summed E-state index contributed by atoms with van der Waals surface area (Å²) in [6.45, 7) is 0.435. The molecular weight excluding hydrogens is 274 g/mol. The molecule has 0 atom stereocenters. The fraction of sp³-hybridized carbons (Fsp3) is 0.400. The lowest BCUT2D eigenvalue weighted by atomic mass is 9.78. The highest BCUT2D eigenvalue weighted by atomic mass is 16.5. The Labute approximate surface area is 122 Å². The molecule has 112 valence electrons. The average molecular weight is 291 g/mol. The van der Waals surface area contributed by atoms with Gasteiger partial charge in [0.15, 0.2) is 5.41 Å². The first kappa shape index (κ1) is 15.0. The molecule has 0 saturated carbocycles. The second-order valence-electron chi connectivity index (χ2n) is 5.04. The second kappa shape index (κ2) is 5.95. The molecule has 1 N–H and O–H groups in total. The molecule has 0 radical (unpaired) electrons. The summed E-state index contributed by atoms with van der Waals surface area (Å²) in [5.74, 6) is -2.09. The molecule has 0 bridgehead atoms. The third-order valence-electron chi connectivity index (χ3n) is 3.91. The third-order valence-corrected chi connectivity index (χ3v) is 3.91. The topological polar surface area (TPSA) is 83.9 Å². The van der Waals surface area contributed by atoms with Crippen molar-refractivity contribution >= 4 is 17.8 Å². The first-order valence-corrected chi connectivity index (χ1v) is 6.67. The van der Waals surface area contributed by atoms with Crippen molar-refractivity contribution in [1.82, 2.24) is 4.90 Å². The van der Waals surface area contributed by atoms with Gasteiger partial charge in [0.25, 0.3) is 5.91 Å². The van der Waals surface area contributed by atoms with Gasteiger partial charge in [0.2, 0.25) is 0 Å². The zero-order chi connectivity index (χ0) is 15.5. The van der Waals surface area contributed by atoms with E-state index in [-0.39, 0.29) is 31.8 Å². The Morgan fingerprint density at radius 1 is 1.14 bits per heavy atom. The Bertz CT molecular complexity index is 546. The molecule has 2 rings (SSSR count). The molecule has 0 spiro atoms. The number of ether oxygens (including phenoxy) is 1. The van der Waals surface area contributed by atoms with Crippen molar-refractivity contribution < 1.29 is 24.2 Å². The van der Waals surface area contributed by atoms with Gasteiger partial charge in [-0.25, -0.2) is 0 Å². The number of piperidine rings is 1. The molecule has 1 aliphatic heterocycles. The Morgan fingerprint density at radius 2 is 1.71 bits per heavy atom. The summed E-state index contributed by atoms with van der Waals surface area (Å²) in [6.07, 6.45) is 0.126. The van der Waals surface area contributed by atoms with Crippen LogP contribution in [-0.2, 0) is 14.3 Å². The predicted molar refractivity (Wildman–Crippen MR) is 73.7 cm³/mol. The molecule has 1 aromatic rings. The molecule has 0 aromatic heterocycles. The number of hydrogen-bond donors (Lipinski definition) is 1. The van der Waals surface area contributed by atoms with Crippen molar-refractivity contribution in [3.8, 4) is 0 Å². The minimum atomic E-state index is -1.54. The number of carboxylic acids is 1. The van der Waals surface area contributed by atoms with Crippen molar-refractivity contribution in [2.24, 2.45) is 5.41 Å². The number of benzene rings is 1. The highest BCUT2D eigenvalue weighted by Gasteiger charge is 2.50. The summed E-state index contributed by atoms with van der Waals surface area (Å²) in [5, 5.41) is 9.33. The molecule has 1 amide bonds. The maximum absolute atomic E-state index is 12.3. The Morgan fingerprint density at radius 3 is 2.19 bits per heavy atom. The standard InChI is InChI=1S/C15H17NO5/c1-21-14(20)15(13(18)19)7-9-16(10-8-15)12(17)11-5-3-2-4-6-11/h2-6H,7-10H2,1H3,(H,18,19). The van der Waals surface area contributed by atoms with Crippen LogP contribution in [0.4, 0.5) is 0 Å². The predicted octanol–water partition coefficient (Wildman–Crippen LogP) is 1.17. The summed E-state index contributed by atoms with van der Waals surface area (Å²) in [6, 6.07) is 8.78. The lowest BCUT2D eigenvalue weighted by Crippen LogP contribution is -2.50. The van der Waals surface area contributed by atoms with Crippen LogP contribution in [0.15, 0.2) is 30.3 Å². The van der Waals surface area contributed by atoms with Crippen molar-refractivity contribution in [3.05, 3.63) is 35.9 Å². The SMILES string of the molecule is COC(=O)C1(C(=O)O)CCN(C(=O)c2ccccc2)CC1. The zero-order valence-electron chi connectivity index (χ0n) is 11.7. The van der Waals surface area contributed by atoms with Gasteiger partial charge in [0.1, 0.15) is 0 Å². The third kappa shape index (κ3) is 2.74. The van der Waals surface area contributed by atoms with E-state index in [2.05, 4.69) is 4.74 Å². The number of esters is 1. The summed E-state index contributed by atoms with van der Waals surface area (Å²) in [4.78, 5) is 37.0. The van der Waals surface area contributed by atoms with E-state index >= 15 is 0 Å². The van der Waals surface area contributed by atoms with Crippen molar-refractivity contribution in [1.29, 1.82) is 0 Å². The minimum Gasteiger partial charge on any atom is -0.480 e. The van der Waals surface area contributed by atoms with Gasteiger partial charge in [-0.2, -0.15) is 0 Å².